The molecule has 2 aromatic heterocycles. The van der Waals surface area contributed by atoms with Gasteiger partial charge in [0.25, 0.3) is 5.91 Å². The Labute approximate surface area is 182 Å². The van der Waals surface area contributed by atoms with Gasteiger partial charge in [0.2, 0.25) is 5.88 Å². The third kappa shape index (κ3) is 6.26. The third-order valence-corrected chi connectivity index (χ3v) is 4.87. The lowest BCUT2D eigenvalue weighted by Gasteiger charge is -2.29. The van der Waals surface area contributed by atoms with Crippen molar-refractivity contribution in [1.82, 2.24) is 15.3 Å². The first kappa shape index (κ1) is 22.2. The maximum absolute atomic E-state index is 12.9. The SMILES string of the molecule is CCCCC(C)(CO)NC(=O)c1cccnc1Oc1ccc(Nc2ccccn2)cc1. The highest BCUT2D eigenvalue weighted by molar-refractivity contribution is 5.96. The molecule has 7 nitrogen and oxygen atoms in total. The van der Waals surface area contributed by atoms with Crippen molar-refractivity contribution >= 4 is 17.4 Å². The van der Waals surface area contributed by atoms with Crippen LogP contribution in [0.5, 0.6) is 11.6 Å². The molecular formula is C24H28N4O3. The second-order valence-corrected chi connectivity index (χ2v) is 7.60. The molecule has 7 heteroatoms. The number of unbranched alkanes of at least 4 members (excludes halogenated alkanes) is 1. The van der Waals surface area contributed by atoms with E-state index in [-0.39, 0.29) is 18.4 Å². The lowest BCUT2D eigenvalue weighted by molar-refractivity contribution is 0.0836. The number of amides is 1. The summed E-state index contributed by atoms with van der Waals surface area (Å²) in [6, 6.07) is 16.3. The molecule has 0 radical (unpaired) electrons. The number of ether oxygens (including phenoxy) is 1. The highest BCUT2D eigenvalue weighted by Gasteiger charge is 2.27. The first-order valence-corrected chi connectivity index (χ1v) is 10.4. The van der Waals surface area contributed by atoms with Crippen molar-refractivity contribution in [2.75, 3.05) is 11.9 Å². The minimum atomic E-state index is -0.695. The van der Waals surface area contributed by atoms with E-state index in [9.17, 15) is 9.90 Å². The zero-order valence-electron chi connectivity index (χ0n) is 17.8. The number of benzene rings is 1. The number of aliphatic hydroxyl groups is 1. The van der Waals surface area contributed by atoms with Crippen LogP contribution in [0.25, 0.3) is 0 Å². The molecule has 0 bridgehead atoms. The van der Waals surface area contributed by atoms with Gasteiger partial charge in [0, 0.05) is 18.1 Å². The molecule has 1 atom stereocenters. The summed E-state index contributed by atoms with van der Waals surface area (Å²) in [5.74, 6) is 1.18. The van der Waals surface area contributed by atoms with Gasteiger partial charge in [0.15, 0.2) is 0 Å². The van der Waals surface area contributed by atoms with E-state index in [1.165, 1.54) is 0 Å². The van der Waals surface area contributed by atoms with Crippen molar-refractivity contribution in [3.63, 3.8) is 0 Å². The van der Waals surface area contributed by atoms with Crippen molar-refractivity contribution in [3.8, 4) is 11.6 Å². The number of hydrogen-bond donors (Lipinski definition) is 3. The van der Waals surface area contributed by atoms with E-state index in [0.29, 0.717) is 17.7 Å². The fraction of sp³-hybridized carbons (Fsp3) is 0.292. The lowest BCUT2D eigenvalue weighted by Crippen LogP contribution is -2.49. The Bertz CT molecular complexity index is 980. The van der Waals surface area contributed by atoms with Crippen molar-refractivity contribution in [2.24, 2.45) is 0 Å². The van der Waals surface area contributed by atoms with E-state index in [1.807, 2.05) is 37.3 Å². The number of anilines is 2. The summed E-state index contributed by atoms with van der Waals surface area (Å²) in [5.41, 5.74) is 0.480. The molecule has 1 aromatic carbocycles. The summed E-state index contributed by atoms with van der Waals surface area (Å²) in [6.07, 6.45) is 5.88. The summed E-state index contributed by atoms with van der Waals surface area (Å²) in [7, 11) is 0. The smallest absolute Gasteiger partial charge is 0.257 e. The number of nitrogens with zero attached hydrogens (tertiary/aromatic N) is 2. The van der Waals surface area contributed by atoms with Crippen LogP contribution >= 0.6 is 0 Å². The van der Waals surface area contributed by atoms with Crippen LogP contribution in [0, 0.1) is 0 Å². The van der Waals surface area contributed by atoms with Gasteiger partial charge in [-0.3, -0.25) is 4.79 Å². The predicted molar refractivity (Wildman–Crippen MR) is 121 cm³/mol. The monoisotopic (exact) mass is 420 g/mol. The van der Waals surface area contributed by atoms with Crippen LogP contribution in [0.3, 0.4) is 0 Å². The summed E-state index contributed by atoms with van der Waals surface area (Å²) < 4.78 is 5.89. The molecule has 1 amide bonds. The molecule has 3 aromatic rings. The number of hydrogen-bond acceptors (Lipinski definition) is 6. The molecule has 0 fully saturated rings. The standard InChI is InChI=1S/C24H28N4O3/c1-3-4-14-24(2,17-29)28-22(30)20-8-7-16-26-23(20)31-19-12-10-18(11-13-19)27-21-9-5-6-15-25-21/h5-13,15-16,29H,3-4,14,17H2,1-2H3,(H,25,27)(H,28,30). The van der Waals surface area contributed by atoms with Gasteiger partial charge in [-0.05, 0) is 61.9 Å². The van der Waals surface area contributed by atoms with Gasteiger partial charge >= 0.3 is 0 Å². The Hall–Kier alpha value is -3.45. The third-order valence-electron chi connectivity index (χ3n) is 4.87. The Balaban J connectivity index is 1.71. The van der Waals surface area contributed by atoms with Crippen LogP contribution in [0.4, 0.5) is 11.5 Å². The highest BCUT2D eigenvalue weighted by atomic mass is 16.5. The average molecular weight is 421 g/mol. The zero-order valence-corrected chi connectivity index (χ0v) is 17.8. The molecule has 2 heterocycles. The van der Waals surface area contributed by atoms with Gasteiger partial charge in [0.05, 0.1) is 12.1 Å². The summed E-state index contributed by atoms with van der Waals surface area (Å²) in [5, 5.41) is 15.9. The van der Waals surface area contributed by atoms with E-state index < -0.39 is 5.54 Å². The molecule has 31 heavy (non-hydrogen) atoms. The molecule has 1 unspecified atom stereocenters. The number of pyridine rings is 2. The first-order chi connectivity index (χ1) is 15.0. The minimum absolute atomic E-state index is 0.139. The molecule has 0 aliphatic carbocycles. The van der Waals surface area contributed by atoms with Crippen LogP contribution in [-0.4, -0.2) is 33.1 Å². The fourth-order valence-corrected chi connectivity index (χ4v) is 3.04. The van der Waals surface area contributed by atoms with Crippen molar-refractivity contribution in [1.29, 1.82) is 0 Å². The van der Waals surface area contributed by atoms with Crippen molar-refractivity contribution < 1.29 is 14.6 Å². The van der Waals surface area contributed by atoms with Crippen LogP contribution in [0.15, 0.2) is 67.0 Å². The molecule has 162 valence electrons. The highest BCUT2D eigenvalue weighted by Crippen LogP contribution is 2.26. The number of nitrogens with one attached hydrogen (secondary N) is 2. The normalized spacial score (nSPS) is 12.6. The number of carbonyl (C=O) groups excluding carboxylic acids is 1. The quantitative estimate of drug-likeness (QED) is 0.441. The molecular weight excluding hydrogens is 392 g/mol. The predicted octanol–water partition coefficient (Wildman–Crippen LogP) is 4.68. The van der Waals surface area contributed by atoms with Crippen LogP contribution in [0.1, 0.15) is 43.5 Å². The van der Waals surface area contributed by atoms with E-state index in [4.69, 9.17) is 4.74 Å². The maximum atomic E-state index is 12.9. The fourth-order valence-electron chi connectivity index (χ4n) is 3.04. The summed E-state index contributed by atoms with van der Waals surface area (Å²) in [6.45, 7) is 3.77. The molecule has 0 saturated heterocycles. The van der Waals surface area contributed by atoms with E-state index in [2.05, 4.69) is 27.5 Å². The Kier molecular flexibility index (Phi) is 7.56. The van der Waals surface area contributed by atoms with Crippen LogP contribution in [-0.2, 0) is 0 Å². The van der Waals surface area contributed by atoms with Gasteiger partial charge in [-0.1, -0.05) is 25.8 Å². The molecule has 0 aliphatic rings. The Morgan fingerprint density at radius 2 is 1.84 bits per heavy atom. The zero-order chi connectivity index (χ0) is 22.1. The summed E-state index contributed by atoms with van der Waals surface area (Å²) >= 11 is 0. The lowest BCUT2D eigenvalue weighted by atomic mass is 9.95. The maximum Gasteiger partial charge on any atom is 0.257 e. The molecule has 0 spiro atoms. The van der Waals surface area contributed by atoms with Gasteiger partial charge in [-0.15, -0.1) is 0 Å². The molecule has 0 saturated carbocycles. The van der Waals surface area contributed by atoms with Gasteiger partial charge < -0.3 is 20.5 Å². The average Bonchev–Trinajstić information content (AvgIpc) is 2.80. The van der Waals surface area contributed by atoms with Gasteiger partial charge in [0.1, 0.15) is 17.1 Å². The second kappa shape index (κ2) is 10.5. The molecule has 3 rings (SSSR count). The Morgan fingerprint density at radius 1 is 1.06 bits per heavy atom. The summed E-state index contributed by atoms with van der Waals surface area (Å²) in [4.78, 5) is 21.4. The van der Waals surface area contributed by atoms with Crippen LogP contribution < -0.4 is 15.4 Å². The number of rotatable bonds is 10. The van der Waals surface area contributed by atoms with E-state index in [1.54, 1.807) is 36.7 Å². The van der Waals surface area contributed by atoms with Crippen molar-refractivity contribution in [3.05, 3.63) is 72.6 Å². The minimum Gasteiger partial charge on any atom is -0.438 e. The molecule has 0 aliphatic heterocycles. The first-order valence-electron chi connectivity index (χ1n) is 10.4. The second-order valence-electron chi connectivity index (χ2n) is 7.60. The van der Waals surface area contributed by atoms with Crippen LogP contribution in [0.2, 0.25) is 0 Å². The Morgan fingerprint density at radius 3 is 2.52 bits per heavy atom. The number of aromatic nitrogens is 2. The number of carbonyl (C=O) groups is 1. The number of aliphatic hydroxyl groups excluding tert-OH is 1. The topological polar surface area (TPSA) is 96.4 Å². The largest absolute Gasteiger partial charge is 0.438 e. The molecule has 3 N–H and O–H groups in total. The van der Waals surface area contributed by atoms with E-state index in [0.717, 1.165) is 24.3 Å². The van der Waals surface area contributed by atoms with Gasteiger partial charge in [-0.2, -0.15) is 0 Å². The van der Waals surface area contributed by atoms with Crippen molar-refractivity contribution in [2.45, 2.75) is 38.6 Å². The van der Waals surface area contributed by atoms with E-state index >= 15 is 0 Å². The van der Waals surface area contributed by atoms with Gasteiger partial charge in [-0.25, -0.2) is 9.97 Å².